The number of aliphatic hydroxyl groups excluding tert-OH is 7. The molecule has 2 aromatic rings. The molecule has 0 spiro atoms. The zero-order valence-corrected chi connectivity index (χ0v) is 56.0. The third-order valence-corrected chi connectivity index (χ3v) is 4.89. The Labute approximate surface area is 483 Å². The van der Waals surface area contributed by atoms with Crippen LogP contribution in [0.15, 0.2) is 0 Å². The average Bonchev–Trinajstić information content (AvgIpc) is 3.47. The molecule has 40 heavy (non-hydrogen) atoms. The number of aromatic nitrogens is 6. The second-order valence-electron chi connectivity index (χ2n) is 7.58. The van der Waals surface area contributed by atoms with Gasteiger partial charge in [-0.2, -0.15) is 10.2 Å². The van der Waals surface area contributed by atoms with Crippen LogP contribution in [0.4, 0.5) is 0 Å². The zero-order valence-electron chi connectivity index (χ0n) is 22.8. The molecule has 8 unspecified atom stereocenters. The summed E-state index contributed by atoms with van der Waals surface area (Å²) in [7, 11) is 0. The number of rotatable bonds is 3. The molecule has 15 nitrogen and oxygen atoms in total. The summed E-state index contributed by atoms with van der Waals surface area (Å²) in [5.74, 6) is 2.83. The molecule has 2 aromatic heterocycles. The van der Waals surface area contributed by atoms with Crippen LogP contribution in [0.2, 0.25) is 0 Å². The largest absolute Gasteiger partial charge is 0.394 e. The van der Waals surface area contributed by atoms with Crippen LogP contribution in [0.1, 0.15) is 29.5 Å². The molecule has 4 rings (SSSR count). The van der Waals surface area contributed by atoms with E-state index in [9.17, 15) is 10.2 Å². The first kappa shape index (κ1) is 60.1. The van der Waals surface area contributed by atoms with Crippen molar-refractivity contribution in [2.24, 2.45) is 0 Å². The average molecular weight is 2070 g/mol. The van der Waals surface area contributed by atoms with E-state index < -0.39 is 55.7 Å². The molecule has 0 aliphatic carbocycles. The Morgan fingerprint density at radius 3 is 1.40 bits per heavy atom. The summed E-state index contributed by atoms with van der Waals surface area (Å²) >= 11 is 0. The van der Waals surface area contributed by atoms with Crippen molar-refractivity contribution >= 4 is 0 Å². The van der Waals surface area contributed by atoms with Crippen LogP contribution in [0, 0.1) is 336 Å². The molecule has 0 bridgehead atoms. The van der Waals surface area contributed by atoms with E-state index in [1.165, 1.54) is 4.68 Å². The van der Waals surface area contributed by atoms with Gasteiger partial charge < -0.3 is 45.2 Å². The maximum atomic E-state index is 9.77. The van der Waals surface area contributed by atoms with Crippen LogP contribution in [-0.4, -0.2) is 122 Å². The van der Waals surface area contributed by atoms with Gasteiger partial charge in [-0.15, -0.1) is 0 Å². The first-order valence-corrected chi connectivity index (χ1v) is 10.2. The van der Waals surface area contributed by atoms with Gasteiger partial charge in [0.25, 0.3) is 0 Å². The molecule has 0 saturated carbocycles. The Morgan fingerprint density at radius 2 is 1.15 bits per heavy atom. The Hall–Kier alpha value is 8.01. The van der Waals surface area contributed by atoms with E-state index in [4.69, 9.17) is 30.3 Å². The van der Waals surface area contributed by atoms with Gasteiger partial charge in [-0.3, -0.25) is 5.10 Å². The topological polar surface area (TPSA) is 232 Å². The van der Waals surface area contributed by atoms with Crippen molar-refractivity contribution in [2.45, 2.75) is 76.8 Å². The van der Waals surface area contributed by atoms with Crippen LogP contribution in [-0.2, 0) is 9.47 Å². The molecule has 7 radical (unpaired) electrons. The van der Waals surface area contributed by atoms with Gasteiger partial charge >= 0.3 is 0 Å². The van der Waals surface area contributed by atoms with E-state index in [2.05, 4.69) is 30.0 Å². The molecular weight excluding hydrogens is 2030 g/mol. The van der Waals surface area contributed by atoms with Gasteiger partial charge in [-0.1, -0.05) is 0 Å². The van der Waals surface area contributed by atoms with Crippen LogP contribution in [0.3, 0.4) is 0 Å². The summed E-state index contributed by atoms with van der Waals surface area (Å²) < 4.78 is 11.3. The monoisotopic (exact) mass is 2070 g/mol. The molecule has 2 aliphatic heterocycles. The number of ether oxygens (including phenoxy) is 2. The second-order valence-corrected chi connectivity index (χ2v) is 7.58. The number of aliphatic hydroxyl groups is 7. The van der Waals surface area contributed by atoms with E-state index in [1.807, 2.05) is 13.8 Å². The number of hydrogen-bond acceptors (Lipinski definition) is 13. The number of aromatic amines is 1. The number of H-pyrrole nitrogens is 1. The summed E-state index contributed by atoms with van der Waals surface area (Å²) in [5.41, 5.74) is 0. The van der Waals surface area contributed by atoms with Crippen LogP contribution >= 0.6 is 0 Å². The van der Waals surface area contributed by atoms with Crippen molar-refractivity contribution in [3.8, 4) is 0 Å². The summed E-state index contributed by atoms with van der Waals surface area (Å²) in [6.45, 7) is 6.43. The Bertz CT molecular complexity index is 875. The first-order valence-electron chi connectivity index (χ1n) is 10.2. The predicted molar refractivity (Wildman–Crippen MR) is 108 cm³/mol. The van der Waals surface area contributed by atoms with Crippen molar-refractivity contribution in [2.75, 3.05) is 13.2 Å². The molecule has 0 aromatic carbocycles. The number of aryl methyl sites for hydroxylation is 4. The normalized spacial score (nSPS) is 27.5. The summed E-state index contributed by atoms with van der Waals surface area (Å²) in [6.07, 6.45) is -8.57. The Morgan fingerprint density at radius 1 is 0.675 bits per heavy atom. The van der Waals surface area contributed by atoms with E-state index >= 15 is 0 Å². The minimum Gasteiger partial charge on any atom is -0.394 e. The van der Waals surface area contributed by atoms with Gasteiger partial charge in [0.1, 0.15) is 59.9 Å². The summed E-state index contributed by atoms with van der Waals surface area (Å²) in [6, 6.07) is 0. The molecule has 2 fully saturated rings. The van der Waals surface area contributed by atoms with Crippen molar-refractivity contribution in [1.29, 1.82) is 0 Å². The van der Waals surface area contributed by atoms with E-state index in [-0.39, 0.29) is 315 Å². The molecule has 4 heterocycles. The second kappa shape index (κ2) is 31.7. The fraction of sp³-hybridized carbons (Fsp3) is 0.778. The Balaban J connectivity index is -0.000000107. The smallest absolute Gasteiger partial charge is 0.184 e. The van der Waals surface area contributed by atoms with Crippen LogP contribution in [0.5, 0.6) is 0 Å². The third kappa shape index (κ3) is 19.6. The van der Waals surface area contributed by atoms with Gasteiger partial charge in [-0.05, 0) is 27.7 Å². The fourth-order valence-corrected chi connectivity index (χ4v) is 3.19. The number of nitrogens with one attached hydrogen (secondary N) is 1. The maximum absolute atomic E-state index is 9.77. The van der Waals surface area contributed by atoms with Gasteiger partial charge in [0, 0.05) is 308 Å². The van der Waals surface area contributed by atoms with Gasteiger partial charge in [0.05, 0.1) is 13.2 Å². The third-order valence-electron chi connectivity index (χ3n) is 4.89. The van der Waals surface area contributed by atoms with Crippen molar-refractivity contribution in [3.63, 3.8) is 0 Å². The minimum absolute atomic E-state index is 0. The van der Waals surface area contributed by atoms with Crippen molar-refractivity contribution in [1.82, 2.24) is 29.9 Å². The molecule has 0 amide bonds. The standard InChI is InChI=1S/C9H15N3O4.C5H10O5.C4H7N3.7Ac/c1-4-10-5(2)12(11-4)9-8(15)7(14)6(3-13)16-9;6-1-2-3(7)4(8)5(9)10-2;1-3-5-4(2)7-6-3;;;;;;;/h6-9,13-15H,3H2,1-2H3;2-9H,1H2;1-2H3,(H,5,6,7);;;;;;;. The van der Waals surface area contributed by atoms with Crippen LogP contribution < -0.4 is 0 Å². The molecule has 209 valence electrons. The van der Waals surface area contributed by atoms with E-state index in [1.54, 1.807) is 13.8 Å². The maximum Gasteiger partial charge on any atom is 0.184 e. The van der Waals surface area contributed by atoms with E-state index in [0.717, 1.165) is 11.6 Å². The number of nitrogens with zero attached hydrogens (tertiary/aromatic N) is 5. The van der Waals surface area contributed by atoms with Crippen molar-refractivity contribution < 1.29 is 354 Å². The fourth-order valence-electron chi connectivity index (χ4n) is 3.19. The molecule has 8 N–H and O–H groups in total. The van der Waals surface area contributed by atoms with E-state index in [0.29, 0.717) is 11.6 Å². The quantitative estimate of drug-likeness (QED) is 0.149. The van der Waals surface area contributed by atoms with Crippen LogP contribution in [0.25, 0.3) is 0 Å². The molecule has 8 atom stereocenters. The SMILES string of the molecule is Cc1n[nH]c(C)n1.Cc1nc(C)n(C2OC(CO)C(O)C2O)n1.OCC1OC(O)C(O)C1O.[Ac].[Ac].[Ac].[Ac].[Ac].[Ac].[Ac]. The molecule has 22 heteroatoms. The first-order chi connectivity index (χ1) is 15.5. The molecular formula is C18H32Ac7N6O9. The Kier molecular flexibility index (Phi) is 47.7. The number of hydrogen-bond donors (Lipinski definition) is 8. The van der Waals surface area contributed by atoms with Gasteiger partial charge in [0.15, 0.2) is 12.5 Å². The minimum atomic E-state index is -1.38. The zero-order chi connectivity index (χ0) is 24.9. The summed E-state index contributed by atoms with van der Waals surface area (Å²) in [4.78, 5) is 8.03. The predicted octanol–water partition coefficient (Wildman–Crippen LogP) is -3.65. The van der Waals surface area contributed by atoms with Crippen molar-refractivity contribution in [3.05, 3.63) is 23.3 Å². The molecule has 2 saturated heterocycles. The van der Waals surface area contributed by atoms with Gasteiger partial charge in [-0.25, -0.2) is 14.6 Å². The summed E-state index contributed by atoms with van der Waals surface area (Å²) in [5, 5.41) is 73.8. The van der Waals surface area contributed by atoms with Gasteiger partial charge in [0.2, 0.25) is 0 Å². The molecule has 2 aliphatic rings.